The van der Waals surface area contributed by atoms with Crippen LogP contribution in [-0.2, 0) is 31.5 Å². The van der Waals surface area contributed by atoms with Gasteiger partial charge in [-0.1, -0.05) is 57.2 Å². The summed E-state index contributed by atoms with van der Waals surface area (Å²) in [6.07, 6.45) is 3.15. The van der Waals surface area contributed by atoms with Crippen LogP contribution in [0.3, 0.4) is 0 Å². The summed E-state index contributed by atoms with van der Waals surface area (Å²) in [5.41, 5.74) is -3.31. The van der Waals surface area contributed by atoms with E-state index in [9.17, 15) is 41.1 Å². The predicted octanol–water partition coefficient (Wildman–Crippen LogP) is 5.28. The van der Waals surface area contributed by atoms with Crippen molar-refractivity contribution >= 4 is 39.2 Å². The number of hydrogen-bond acceptors (Lipinski definition) is 9. The fourth-order valence-corrected chi connectivity index (χ4v) is 6.28. The monoisotopic (exact) mass is 716 g/mol. The Morgan fingerprint density at radius 2 is 1.53 bits per heavy atom. The van der Waals surface area contributed by atoms with Crippen LogP contribution in [0.4, 0.5) is 13.2 Å². The van der Waals surface area contributed by atoms with Crippen LogP contribution in [0.5, 0.6) is 5.75 Å². The lowest BCUT2D eigenvalue weighted by molar-refractivity contribution is -0.153. The minimum Gasteiger partial charge on any atom is -0.481 e. The first-order valence-electron chi connectivity index (χ1n) is 14.9. The Labute approximate surface area is 283 Å². The molecule has 1 fully saturated rings. The number of halogens is 3. The number of hydrogen-bond donors (Lipinski definition) is 2. The van der Waals surface area contributed by atoms with Gasteiger partial charge in [-0.3, -0.25) is 14.4 Å². The quantitative estimate of drug-likeness (QED) is 0.165. The summed E-state index contributed by atoms with van der Waals surface area (Å²) in [4.78, 5) is 49.6. The van der Waals surface area contributed by atoms with Crippen molar-refractivity contribution in [1.29, 1.82) is 0 Å². The molecule has 0 spiro atoms. The van der Waals surface area contributed by atoms with Crippen molar-refractivity contribution in [3.05, 3.63) is 88.4 Å². The molecule has 0 unspecified atom stereocenters. The van der Waals surface area contributed by atoms with E-state index in [-0.39, 0.29) is 30.8 Å². The van der Waals surface area contributed by atoms with Gasteiger partial charge >= 0.3 is 21.6 Å². The van der Waals surface area contributed by atoms with Crippen LogP contribution in [0.1, 0.15) is 40.9 Å². The third kappa shape index (κ3) is 8.25. The van der Waals surface area contributed by atoms with Crippen molar-refractivity contribution in [2.45, 2.75) is 44.2 Å². The summed E-state index contributed by atoms with van der Waals surface area (Å²) in [7, 11) is -5.79. The summed E-state index contributed by atoms with van der Waals surface area (Å²) >= 11 is 1.35. The summed E-state index contributed by atoms with van der Waals surface area (Å²) in [6, 6.07) is 14.6. The average molecular weight is 717 g/mol. The molecule has 11 nitrogen and oxygen atoms in total. The molecule has 2 aromatic heterocycles. The molecule has 0 saturated carbocycles. The summed E-state index contributed by atoms with van der Waals surface area (Å²) in [5, 5.41) is 12.1. The Hall–Kier alpha value is -4.83. The highest BCUT2D eigenvalue weighted by Gasteiger charge is 2.48. The zero-order chi connectivity index (χ0) is 35.7. The van der Waals surface area contributed by atoms with Gasteiger partial charge in [-0.05, 0) is 40.8 Å². The Balaban J connectivity index is 1.27. The number of aliphatic carboxylic acids is 1. The van der Waals surface area contributed by atoms with E-state index in [0.717, 1.165) is 22.6 Å². The van der Waals surface area contributed by atoms with Crippen LogP contribution in [0.2, 0.25) is 0 Å². The molecule has 0 bridgehead atoms. The second-order valence-electron chi connectivity index (χ2n) is 12.4. The molecule has 3 heterocycles. The number of carbonyl (C=O) groups excluding carboxylic acids is 2. The SMILES string of the molecule is CC(C)(C)c1ccc(C(=O)N[C@@H](Cc2ccc(-c3ncc(-c4ccc(OS(=O)(=O)C(F)(F)F)cc4)cn3)cc2)C(=O)N2CC(C(=O)O)C2)s1. The van der Waals surface area contributed by atoms with Gasteiger partial charge in [-0.2, -0.15) is 21.6 Å². The Morgan fingerprint density at radius 3 is 2.06 bits per heavy atom. The third-order valence-corrected chi connectivity index (χ3v) is 10.2. The summed E-state index contributed by atoms with van der Waals surface area (Å²) in [5.74, 6) is -2.53. The molecule has 4 aromatic rings. The number of alkyl halides is 3. The number of aromatic nitrogens is 2. The van der Waals surface area contributed by atoms with Gasteiger partial charge in [-0.15, -0.1) is 11.3 Å². The number of nitrogens with zero attached hydrogens (tertiary/aromatic N) is 3. The van der Waals surface area contributed by atoms with Gasteiger partial charge in [0.1, 0.15) is 11.8 Å². The van der Waals surface area contributed by atoms with Crippen LogP contribution < -0.4 is 9.50 Å². The standard InChI is InChI=1S/C33H31F3N4O7S2/c1-32(2,3)27-13-12-26(48-27)29(41)39-25(30(42)40-17-23(18-40)31(43)44)14-19-4-6-21(7-5-19)28-37-15-22(16-38-28)20-8-10-24(11-9-20)47-49(45,46)33(34,35)36/h4-13,15-16,23,25H,14,17-18H2,1-3H3,(H,39,41)(H,43,44)/t25-/m0/s1. The van der Waals surface area contributed by atoms with E-state index >= 15 is 0 Å². The van der Waals surface area contributed by atoms with Crippen molar-refractivity contribution < 1.29 is 45.3 Å². The van der Waals surface area contributed by atoms with E-state index < -0.39 is 45.2 Å². The fraction of sp³-hybridized carbons (Fsp3) is 0.303. The zero-order valence-electron chi connectivity index (χ0n) is 26.4. The number of carboxylic acid groups (broad SMARTS) is 1. The minimum atomic E-state index is -5.79. The number of carboxylic acids is 1. The number of thiophene rings is 1. The molecule has 258 valence electrons. The van der Waals surface area contributed by atoms with E-state index in [0.29, 0.717) is 27.4 Å². The number of amides is 2. The Morgan fingerprint density at radius 1 is 0.939 bits per heavy atom. The predicted molar refractivity (Wildman–Crippen MR) is 174 cm³/mol. The molecule has 1 atom stereocenters. The topological polar surface area (TPSA) is 156 Å². The van der Waals surface area contributed by atoms with E-state index in [4.69, 9.17) is 0 Å². The largest absolute Gasteiger partial charge is 0.534 e. The first kappa shape index (κ1) is 35.5. The van der Waals surface area contributed by atoms with Crippen molar-refractivity contribution in [3.8, 4) is 28.3 Å². The maximum absolute atomic E-state index is 13.4. The zero-order valence-corrected chi connectivity index (χ0v) is 28.0. The van der Waals surface area contributed by atoms with Crippen LogP contribution in [-0.4, -0.2) is 70.8 Å². The highest BCUT2D eigenvalue weighted by molar-refractivity contribution is 7.88. The van der Waals surface area contributed by atoms with Gasteiger partial charge in [0.05, 0.1) is 10.8 Å². The van der Waals surface area contributed by atoms with Gasteiger partial charge in [0.15, 0.2) is 5.82 Å². The highest BCUT2D eigenvalue weighted by atomic mass is 32.2. The van der Waals surface area contributed by atoms with Gasteiger partial charge in [0, 0.05) is 47.9 Å². The smallest absolute Gasteiger partial charge is 0.481 e. The molecular formula is C33H31F3N4O7S2. The number of rotatable bonds is 10. The van der Waals surface area contributed by atoms with Gasteiger partial charge in [-0.25, -0.2) is 9.97 Å². The van der Waals surface area contributed by atoms with Gasteiger partial charge in [0.2, 0.25) is 5.91 Å². The molecule has 2 aromatic carbocycles. The summed E-state index contributed by atoms with van der Waals surface area (Å²) < 4.78 is 64.3. The Bertz CT molecular complexity index is 1950. The number of nitrogens with one attached hydrogen (secondary N) is 1. The molecule has 16 heteroatoms. The first-order valence-corrected chi connectivity index (χ1v) is 17.1. The normalized spacial score (nSPS) is 14.5. The van der Waals surface area contributed by atoms with E-state index in [1.54, 1.807) is 30.3 Å². The molecular weight excluding hydrogens is 686 g/mol. The van der Waals surface area contributed by atoms with Crippen molar-refractivity contribution in [3.63, 3.8) is 0 Å². The maximum Gasteiger partial charge on any atom is 0.534 e. The molecule has 0 aliphatic carbocycles. The molecule has 49 heavy (non-hydrogen) atoms. The number of benzene rings is 2. The summed E-state index contributed by atoms with van der Waals surface area (Å²) in [6.45, 7) is 6.25. The van der Waals surface area contributed by atoms with Crippen LogP contribution in [0, 0.1) is 5.92 Å². The number of likely N-dealkylation sites (tertiary alicyclic amines) is 1. The molecule has 2 N–H and O–H groups in total. The minimum absolute atomic E-state index is 0.0673. The lowest BCUT2D eigenvalue weighted by atomic mass is 9.95. The molecule has 1 aliphatic rings. The molecule has 1 aliphatic heterocycles. The highest BCUT2D eigenvalue weighted by Crippen LogP contribution is 2.31. The van der Waals surface area contributed by atoms with Gasteiger partial charge in [0.25, 0.3) is 5.91 Å². The van der Waals surface area contributed by atoms with E-state index in [1.165, 1.54) is 40.8 Å². The number of carbonyl (C=O) groups is 3. The van der Waals surface area contributed by atoms with Crippen LogP contribution >= 0.6 is 11.3 Å². The van der Waals surface area contributed by atoms with Gasteiger partial charge < -0.3 is 19.5 Å². The molecule has 2 amide bonds. The van der Waals surface area contributed by atoms with Crippen molar-refractivity contribution in [1.82, 2.24) is 20.2 Å². The molecule has 0 radical (unpaired) electrons. The van der Waals surface area contributed by atoms with E-state index in [2.05, 4.69) is 19.5 Å². The first-order chi connectivity index (χ1) is 22.9. The third-order valence-electron chi connectivity index (χ3n) is 7.70. The average Bonchev–Trinajstić information content (AvgIpc) is 3.52. The fourth-order valence-electron chi connectivity index (χ4n) is 4.86. The second kappa shape index (κ2) is 13.6. The van der Waals surface area contributed by atoms with Crippen molar-refractivity contribution in [2.24, 2.45) is 5.92 Å². The van der Waals surface area contributed by atoms with E-state index in [1.807, 2.05) is 26.8 Å². The molecule has 1 saturated heterocycles. The maximum atomic E-state index is 13.4. The van der Waals surface area contributed by atoms with Crippen LogP contribution in [0.15, 0.2) is 73.1 Å². The van der Waals surface area contributed by atoms with Crippen molar-refractivity contribution in [2.75, 3.05) is 13.1 Å². The lowest BCUT2D eigenvalue weighted by Crippen LogP contribution is -2.59. The van der Waals surface area contributed by atoms with Crippen LogP contribution in [0.25, 0.3) is 22.5 Å². The second-order valence-corrected chi connectivity index (χ2v) is 15.0. The molecule has 5 rings (SSSR count). The Kier molecular flexibility index (Phi) is 9.84. The lowest BCUT2D eigenvalue weighted by Gasteiger charge is -2.38.